The van der Waals surface area contributed by atoms with Gasteiger partial charge in [0.15, 0.2) is 0 Å². The number of carbonyl (C=O) groups is 2. The van der Waals surface area contributed by atoms with Crippen molar-refractivity contribution in [3.8, 4) is 5.75 Å². The molecule has 0 aromatic heterocycles. The molecule has 1 heterocycles. The molecule has 0 bridgehead atoms. The molecule has 1 aromatic rings. The van der Waals surface area contributed by atoms with E-state index in [1.807, 2.05) is 24.0 Å². The predicted molar refractivity (Wildman–Crippen MR) is 94.0 cm³/mol. The molecule has 3 rings (SSSR count). The van der Waals surface area contributed by atoms with E-state index in [9.17, 15) is 14.7 Å². The van der Waals surface area contributed by atoms with Crippen LogP contribution in [0.3, 0.4) is 0 Å². The minimum absolute atomic E-state index is 0.0109. The quantitative estimate of drug-likeness (QED) is 0.593. The zero-order chi connectivity index (χ0) is 18.7. The minimum Gasteiger partial charge on any atom is -0.491 e. The standard InChI is InChI=1S/C18H25N3O5/c1-2-21(9-16(22)23)12-7-11(8-12)19-18(25)20-14-10-26-15-6-4-3-5-13(15)17(14)24/h3-6,11-12,14,17,24H,2,7-10H2,1H3,(H,22,23)(H2,19,20,25). The summed E-state index contributed by atoms with van der Waals surface area (Å²) >= 11 is 0. The largest absolute Gasteiger partial charge is 0.491 e. The molecule has 1 aromatic carbocycles. The highest BCUT2D eigenvalue weighted by Crippen LogP contribution is 2.31. The smallest absolute Gasteiger partial charge is 0.317 e. The Morgan fingerprint density at radius 1 is 1.27 bits per heavy atom. The summed E-state index contributed by atoms with van der Waals surface area (Å²) in [6.45, 7) is 2.83. The summed E-state index contributed by atoms with van der Waals surface area (Å²) < 4.78 is 5.59. The molecule has 2 atom stereocenters. The number of aliphatic hydroxyl groups excluding tert-OH is 1. The van der Waals surface area contributed by atoms with Crippen LogP contribution in [0.4, 0.5) is 4.79 Å². The van der Waals surface area contributed by atoms with Crippen molar-refractivity contribution in [1.82, 2.24) is 15.5 Å². The van der Waals surface area contributed by atoms with Gasteiger partial charge in [-0.1, -0.05) is 25.1 Å². The van der Waals surface area contributed by atoms with Gasteiger partial charge in [-0.05, 0) is 25.5 Å². The molecule has 2 unspecified atom stereocenters. The molecule has 2 amide bonds. The van der Waals surface area contributed by atoms with Crippen LogP contribution < -0.4 is 15.4 Å². The van der Waals surface area contributed by atoms with Gasteiger partial charge in [-0.2, -0.15) is 0 Å². The number of rotatable bonds is 6. The average molecular weight is 363 g/mol. The maximum atomic E-state index is 12.2. The first kappa shape index (κ1) is 18.5. The van der Waals surface area contributed by atoms with Gasteiger partial charge in [0.25, 0.3) is 0 Å². The first-order valence-corrected chi connectivity index (χ1v) is 8.90. The molecule has 1 aliphatic heterocycles. The van der Waals surface area contributed by atoms with Crippen LogP contribution in [0.15, 0.2) is 24.3 Å². The predicted octanol–water partition coefficient (Wildman–Crippen LogP) is 0.718. The Kier molecular flexibility index (Phi) is 5.63. The van der Waals surface area contributed by atoms with Gasteiger partial charge in [0, 0.05) is 17.6 Å². The second kappa shape index (κ2) is 7.92. The summed E-state index contributed by atoms with van der Waals surface area (Å²) in [5.41, 5.74) is 0.667. The molecule has 142 valence electrons. The molecular formula is C18H25N3O5. The number of nitrogens with zero attached hydrogens (tertiary/aromatic N) is 1. The van der Waals surface area contributed by atoms with Crippen molar-refractivity contribution in [2.45, 2.75) is 44.0 Å². The SMILES string of the molecule is CCN(CC(=O)O)C1CC(NC(=O)NC2COc3ccccc3C2O)C1. The number of carboxylic acid groups (broad SMARTS) is 1. The molecule has 0 spiro atoms. The van der Waals surface area contributed by atoms with E-state index in [4.69, 9.17) is 9.84 Å². The number of hydrogen-bond donors (Lipinski definition) is 4. The number of likely N-dealkylation sites (N-methyl/N-ethyl adjacent to an activating group) is 1. The summed E-state index contributed by atoms with van der Waals surface area (Å²) in [4.78, 5) is 25.0. The van der Waals surface area contributed by atoms with Crippen LogP contribution in [-0.2, 0) is 4.79 Å². The van der Waals surface area contributed by atoms with Gasteiger partial charge >= 0.3 is 12.0 Å². The molecule has 1 saturated carbocycles. The fourth-order valence-corrected chi connectivity index (χ4v) is 3.54. The van der Waals surface area contributed by atoms with Gasteiger partial charge in [-0.25, -0.2) is 4.79 Å². The molecule has 8 heteroatoms. The maximum absolute atomic E-state index is 12.2. The van der Waals surface area contributed by atoms with Crippen molar-refractivity contribution in [1.29, 1.82) is 0 Å². The molecule has 0 radical (unpaired) electrons. The lowest BCUT2D eigenvalue weighted by atomic mass is 9.85. The van der Waals surface area contributed by atoms with Crippen LogP contribution in [0.2, 0.25) is 0 Å². The van der Waals surface area contributed by atoms with Crippen molar-refractivity contribution in [2.24, 2.45) is 0 Å². The molecule has 4 N–H and O–H groups in total. The average Bonchev–Trinajstić information content (AvgIpc) is 2.58. The number of benzene rings is 1. The van der Waals surface area contributed by atoms with Crippen LogP contribution in [0, 0.1) is 0 Å². The van der Waals surface area contributed by atoms with Gasteiger partial charge in [0.05, 0.1) is 12.6 Å². The number of carbonyl (C=O) groups excluding carboxylic acids is 1. The Hall–Kier alpha value is -2.32. The van der Waals surface area contributed by atoms with Crippen molar-refractivity contribution in [2.75, 3.05) is 19.7 Å². The van der Waals surface area contributed by atoms with Crippen molar-refractivity contribution in [3.05, 3.63) is 29.8 Å². The number of carboxylic acids is 1. The van der Waals surface area contributed by atoms with Gasteiger partial charge in [0.2, 0.25) is 0 Å². The highest BCUT2D eigenvalue weighted by atomic mass is 16.5. The van der Waals surface area contributed by atoms with Crippen molar-refractivity contribution >= 4 is 12.0 Å². The highest BCUT2D eigenvalue weighted by molar-refractivity contribution is 5.75. The number of nitrogens with one attached hydrogen (secondary N) is 2. The zero-order valence-corrected chi connectivity index (χ0v) is 14.7. The van der Waals surface area contributed by atoms with Crippen LogP contribution in [0.5, 0.6) is 5.75 Å². The molecule has 2 aliphatic rings. The topological polar surface area (TPSA) is 111 Å². The van der Waals surface area contributed by atoms with E-state index in [1.54, 1.807) is 12.1 Å². The third-order valence-corrected chi connectivity index (χ3v) is 5.06. The Balaban J connectivity index is 1.45. The summed E-state index contributed by atoms with van der Waals surface area (Å²) in [5.74, 6) is -0.203. The maximum Gasteiger partial charge on any atom is 0.317 e. The lowest BCUT2D eigenvalue weighted by Crippen LogP contribution is -2.58. The molecule has 1 aliphatic carbocycles. The van der Waals surface area contributed by atoms with Gasteiger partial charge in [-0.15, -0.1) is 0 Å². The molecular weight excluding hydrogens is 338 g/mol. The molecule has 8 nitrogen and oxygen atoms in total. The first-order valence-electron chi connectivity index (χ1n) is 8.90. The first-order chi connectivity index (χ1) is 12.5. The van der Waals surface area contributed by atoms with Gasteiger partial charge < -0.3 is 25.6 Å². The van der Waals surface area contributed by atoms with E-state index in [-0.39, 0.29) is 31.3 Å². The number of urea groups is 1. The van der Waals surface area contributed by atoms with E-state index in [0.717, 1.165) is 12.8 Å². The summed E-state index contributed by atoms with van der Waals surface area (Å²) in [7, 11) is 0. The number of amides is 2. The van der Waals surface area contributed by atoms with Crippen LogP contribution in [0.1, 0.15) is 31.4 Å². The van der Waals surface area contributed by atoms with E-state index < -0.39 is 18.1 Å². The Labute approximate surface area is 152 Å². The van der Waals surface area contributed by atoms with E-state index >= 15 is 0 Å². The second-order valence-electron chi connectivity index (χ2n) is 6.80. The van der Waals surface area contributed by atoms with E-state index in [2.05, 4.69) is 10.6 Å². The van der Waals surface area contributed by atoms with Crippen LogP contribution in [-0.4, -0.2) is 64.9 Å². The van der Waals surface area contributed by atoms with Crippen LogP contribution in [0.25, 0.3) is 0 Å². The lowest BCUT2D eigenvalue weighted by Gasteiger charge is -2.42. The Bertz CT molecular complexity index is 662. The molecule has 1 fully saturated rings. The summed E-state index contributed by atoms with van der Waals surface area (Å²) in [5, 5.41) is 25.0. The third-order valence-electron chi connectivity index (χ3n) is 5.06. The number of fused-ring (bicyclic) bond motifs is 1. The van der Waals surface area contributed by atoms with E-state index in [1.165, 1.54) is 0 Å². The summed E-state index contributed by atoms with van der Waals surface area (Å²) in [6.07, 6.45) is 0.633. The Morgan fingerprint density at radius 2 is 2.00 bits per heavy atom. The normalized spacial score (nSPS) is 27.0. The fraction of sp³-hybridized carbons (Fsp3) is 0.556. The zero-order valence-electron chi connectivity index (χ0n) is 14.7. The molecule has 26 heavy (non-hydrogen) atoms. The number of aliphatic carboxylic acids is 1. The second-order valence-corrected chi connectivity index (χ2v) is 6.80. The number of ether oxygens (including phenoxy) is 1. The number of aliphatic hydroxyl groups is 1. The lowest BCUT2D eigenvalue weighted by molar-refractivity contribution is -0.139. The number of para-hydroxylation sites is 1. The van der Waals surface area contributed by atoms with Crippen molar-refractivity contribution < 1.29 is 24.5 Å². The van der Waals surface area contributed by atoms with Gasteiger partial charge in [-0.3, -0.25) is 9.69 Å². The highest BCUT2D eigenvalue weighted by Gasteiger charge is 2.36. The monoisotopic (exact) mass is 363 g/mol. The summed E-state index contributed by atoms with van der Waals surface area (Å²) in [6, 6.07) is 6.56. The van der Waals surface area contributed by atoms with E-state index in [0.29, 0.717) is 17.9 Å². The van der Waals surface area contributed by atoms with Crippen molar-refractivity contribution in [3.63, 3.8) is 0 Å². The minimum atomic E-state index is -0.840. The third kappa shape index (κ3) is 4.08. The number of hydrogen-bond acceptors (Lipinski definition) is 5. The fourth-order valence-electron chi connectivity index (χ4n) is 3.54. The van der Waals surface area contributed by atoms with Crippen LogP contribution >= 0.6 is 0 Å². The Morgan fingerprint density at radius 3 is 2.69 bits per heavy atom. The molecule has 0 saturated heterocycles. The van der Waals surface area contributed by atoms with Gasteiger partial charge in [0.1, 0.15) is 18.5 Å².